The summed E-state index contributed by atoms with van der Waals surface area (Å²) < 4.78 is 12.9. The van der Waals surface area contributed by atoms with Gasteiger partial charge in [0.25, 0.3) is 0 Å². The molecule has 132 valence electrons. The number of rotatable bonds is 5. The second kappa shape index (κ2) is 8.18. The lowest BCUT2D eigenvalue weighted by Crippen LogP contribution is -2.48. The van der Waals surface area contributed by atoms with Crippen molar-refractivity contribution in [3.63, 3.8) is 0 Å². The number of nitrogens with zero attached hydrogens (tertiary/aromatic N) is 3. The van der Waals surface area contributed by atoms with Gasteiger partial charge in [0, 0.05) is 50.8 Å². The molecule has 1 amide bonds. The van der Waals surface area contributed by atoms with Gasteiger partial charge in [-0.3, -0.25) is 19.6 Å². The number of piperazine rings is 1. The van der Waals surface area contributed by atoms with Crippen molar-refractivity contribution < 1.29 is 9.18 Å². The summed E-state index contributed by atoms with van der Waals surface area (Å²) in [4.78, 5) is 20.8. The molecule has 6 heteroatoms. The monoisotopic (exact) mass is 342 g/mol. The molecule has 0 bridgehead atoms. The molecule has 1 saturated heterocycles. The number of benzene rings is 1. The number of pyridine rings is 1. The van der Waals surface area contributed by atoms with Crippen LogP contribution in [0.2, 0.25) is 0 Å². The van der Waals surface area contributed by atoms with E-state index in [9.17, 15) is 9.18 Å². The maximum Gasteiger partial charge on any atom is 0.238 e. The second-order valence-corrected chi connectivity index (χ2v) is 6.41. The number of carbonyl (C=O) groups is 1. The number of nitrogens with one attached hydrogen (secondary N) is 1. The summed E-state index contributed by atoms with van der Waals surface area (Å²) in [6, 6.07) is 7.86. The van der Waals surface area contributed by atoms with E-state index < -0.39 is 0 Å². The molecule has 2 heterocycles. The Kier molecular flexibility index (Phi) is 5.73. The van der Waals surface area contributed by atoms with Gasteiger partial charge in [-0.1, -0.05) is 0 Å². The standard InChI is InChI=1S/C19H23FN4O/c1-15-6-7-21-12-16(15)13-23-8-10-24(11-9-23)14-19(25)22-18-4-2-17(20)3-5-18/h2-7,12H,8-11,13-14H2,1H3,(H,22,25). The molecule has 0 saturated carbocycles. The molecule has 1 aliphatic rings. The smallest absolute Gasteiger partial charge is 0.238 e. The van der Waals surface area contributed by atoms with Crippen LogP contribution in [0.25, 0.3) is 0 Å². The van der Waals surface area contributed by atoms with Crippen LogP contribution in [0.5, 0.6) is 0 Å². The van der Waals surface area contributed by atoms with Crippen molar-refractivity contribution in [1.82, 2.24) is 14.8 Å². The van der Waals surface area contributed by atoms with Crippen LogP contribution < -0.4 is 5.32 Å². The summed E-state index contributed by atoms with van der Waals surface area (Å²) in [5.74, 6) is -0.374. The molecule has 25 heavy (non-hydrogen) atoms. The van der Waals surface area contributed by atoms with E-state index >= 15 is 0 Å². The van der Waals surface area contributed by atoms with E-state index in [-0.39, 0.29) is 11.7 Å². The molecule has 0 spiro atoms. The first-order valence-corrected chi connectivity index (χ1v) is 8.50. The van der Waals surface area contributed by atoms with Gasteiger partial charge in [-0.15, -0.1) is 0 Å². The Labute approximate surface area is 147 Å². The normalized spacial score (nSPS) is 15.9. The zero-order valence-electron chi connectivity index (χ0n) is 14.4. The van der Waals surface area contributed by atoms with Gasteiger partial charge >= 0.3 is 0 Å². The number of hydrogen-bond donors (Lipinski definition) is 1. The Morgan fingerprint density at radius 3 is 2.48 bits per heavy atom. The summed E-state index contributed by atoms with van der Waals surface area (Å²) in [5, 5.41) is 2.81. The molecule has 2 aromatic rings. The SMILES string of the molecule is Cc1ccncc1CN1CCN(CC(=O)Nc2ccc(F)cc2)CC1. The van der Waals surface area contributed by atoms with Crippen LogP contribution in [0.15, 0.2) is 42.7 Å². The molecule has 0 radical (unpaired) electrons. The molecule has 0 atom stereocenters. The summed E-state index contributed by atoms with van der Waals surface area (Å²) in [6.45, 7) is 6.93. The molecular formula is C19H23FN4O. The topological polar surface area (TPSA) is 48.5 Å². The Hall–Kier alpha value is -2.31. The van der Waals surface area contributed by atoms with E-state index in [4.69, 9.17) is 0 Å². The van der Waals surface area contributed by atoms with Crippen LogP contribution in [0.1, 0.15) is 11.1 Å². The fraction of sp³-hybridized carbons (Fsp3) is 0.368. The number of amides is 1. The molecule has 0 aliphatic carbocycles. The van der Waals surface area contributed by atoms with Gasteiger partial charge < -0.3 is 5.32 Å². The van der Waals surface area contributed by atoms with Gasteiger partial charge in [0.2, 0.25) is 5.91 Å². The fourth-order valence-electron chi connectivity index (χ4n) is 2.95. The van der Waals surface area contributed by atoms with Crippen LogP contribution in [-0.2, 0) is 11.3 Å². The van der Waals surface area contributed by atoms with Crippen LogP contribution in [0.3, 0.4) is 0 Å². The minimum absolute atomic E-state index is 0.0665. The first kappa shape index (κ1) is 17.5. The highest BCUT2D eigenvalue weighted by Gasteiger charge is 2.19. The maximum absolute atomic E-state index is 12.9. The van der Waals surface area contributed by atoms with Crippen molar-refractivity contribution in [3.05, 3.63) is 59.7 Å². The average Bonchev–Trinajstić information content (AvgIpc) is 2.61. The first-order chi connectivity index (χ1) is 12.1. The molecule has 1 aliphatic heterocycles. The van der Waals surface area contributed by atoms with Crippen molar-refractivity contribution in [1.29, 1.82) is 0 Å². The summed E-state index contributed by atoms with van der Waals surface area (Å²) in [5.41, 5.74) is 3.14. The van der Waals surface area contributed by atoms with Crippen molar-refractivity contribution >= 4 is 11.6 Å². The van der Waals surface area contributed by atoms with Gasteiger partial charge in [0.15, 0.2) is 0 Å². The highest BCUT2D eigenvalue weighted by molar-refractivity contribution is 5.92. The minimum Gasteiger partial charge on any atom is -0.325 e. The highest BCUT2D eigenvalue weighted by Crippen LogP contribution is 2.12. The Bertz CT molecular complexity index is 712. The molecule has 1 aromatic carbocycles. The van der Waals surface area contributed by atoms with Crippen molar-refractivity contribution in [2.75, 3.05) is 38.0 Å². The number of aromatic nitrogens is 1. The number of carbonyl (C=O) groups excluding carboxylic acids is 1. The van der Waals surface area contributed by atoms with E-state index in [1.54, 1.807) is 12.1 Å². The number of halogens is 1. The predicted octanol–water partition coefficient (Wildman–Crippen LogP) is 2.29. The Balaban J connectivity index is 1.43. The maximum atomic E-state index is 12.9. The second-order valence-electron chi connectivity index (χ2n) is 6.41. The van der Waals surface area contributed by atoms with E-state index in [1.165, 1.54) is 23.3 Å². The average molecular weight is 342 g/mol. The summed E-state index contributed by atoms with van der Waals surface area (Å²) in [6.07, 6.45) is 3.74. The van der Waals surface area contributed by atoms with Crippen molar-refractivity contribution in [2.45, 2.75) is 13.5 Å². The van der Waals surface area contributed by atoms with E-state index in [2.05, 4.69) is 27.0 Å². The lowest BCUT2D eigenvalue weighted by molar-refractivity contribution is -0.117. The molecule has 1 fully saturated rings. The lowest BCUT2D eigenvalue weighted by atomic mass is 10.1. The summed E-state index contributed by atoms with van der Waals surface area (Å²) in [7, 11) is 0. The Morgan fingerprint density at radius 1 is 1.12 bits per heavy atom. The van der Waals surface area contributed by atoms with E-state index in [0.717, 1.165) is 32.7 Å². The fourth-order valence-corrected chi connectivity index (χ4v) is 2.95. The minimum atomic E-state index is -0.307. The van der Waals surface area contributed by atoms with Crippen molar-refractivity contribution in [3.8, 4) is 0 Å². The zero-order chi connectivity index (χ0) is 17.6. The predicted molar refractivity (Wildman–Crippen MR) is 95.7 cm³/mol. The molecule has 0 unspecified atom stereocenters. The van der Waals surface area contributed by atoms with Gasteiger partial charge in [-0.2, -0.15) is 0 Å². The number of anilines is 1. The van der Waals surface area contributed by atoms with Crippen molar-refractivity contribution in [2.24, 2.45) is 0 Å². The quantitative estimate of drug-likeness (QED) is 0.906. The third-order valence-electron chi connectivity index (χ3n) is 4.50. The summed E-state index contributed by atoms with van der Waals surface area (Å²) >= 11 is 0. The van der Waals surface area contributed by atoms with Gasteiger partial charge in [0.1, 0.15) is 5.82 Å². The van der Waals surface area contributed by atoms with Crippen LogP contribution in [-0.4, -0.2) is 53.4 Å². The van der Waals surface area contributed by atoms with Gasteiger partial charge in [0.05, 0.1) is 6.54 Å². The van der Waals surface area contributed by atoms with Crippen LogP contribution in [0, 0.1) is 12.7 Å². The van der Waals surface area contributed by atoms with Gasteiger partial charge in [-0.05, 0) is 48.4 Å². The number of hydrogen-bond acceptors (Lipinski definition) is 4. The molecule has 1 aromatic heterocycles. The van der Waals surface area contributed by atoms with Crippen LogP contribution in [0.4, 0.5) is 10.1 Å². The lowest BCUT2D eigenvalue weighted by Gasteiger charge is -2.34. The molecule has 3 rings (SSSR count). The highest BCUT2D eigenvalue weighted by atomic mass is 19.1. The van der Waals surface area contributed by atoms with E-state index in [0.29, 0.717) is 12.2 Å². The van der Waals surface area contributed by atoms with E-state index in [1.807, 2.05) is 18.5 Å². The number of aryl methyl sites for hydroxylation is 1. The zero-order valence-corrected chi connectivity index (χ0v) is 14.4. The largest absolute Gasteiger partial charge is 0.325 e. The van der Waals surface area contributed by atoms with Crippen LogP contribution >= 0.6 is 0 Å². The first-order valence-electron chi connectivity index (χ1n) is 8.50. The molecular weight excluding hydrogens is 319 g/mol. The van der Waals surface area contributed by atoms with Gasteiger partial charge in [-0.25, -0.2) is 4.39 Å². The third kappa shape index (κ3) is 5.08. The molecule has 5 nitrogen and oxygen atoms in total. The molecule has 1 N–H and O–H groups in total. The third-order valence-corrected chi connectivity index (χ3v) is 4.50. The Morgan fingerprint density at radius 2 is 1.80 bits per heavy atom.